The van der Waals surface area contributed by atoms with E-state index in [2.05, 4.69) is 14.6 Å². The maximum atomic E-state index is 11.3. The van der Waals surface area contributed by atoms with Gasteiger partial charge >= 0.3 is 5.97 Å². The maximum absolute atomic E-state index is 11.3. The molecule has 0 aliphatic heterocycles. The van der Waals surface area contributed by atoms with Gasteiger partial charge in [-0.3, -0.25) is 0 Å². The number of thiazole rings is 1. The van der Waals surface area contributed by atoms with E-state index in [1.165, 1.54) is 18.4 Å². The number of esters is 1. The molecular formula is C10H16N2O2S. The molecule has 0 radical (unpaired) electrons. The van der Waals surface area contributed by atoms with Crippen LogP contribution < -0.4 is 0 Å². The van der Waals surface area contributed by atoms with Crippen LogP contribution in [0.2, 0.25) is 0 Å². The van der Waals surface area contributed by atoms with Crippen LogP contribution in [0.3, 0.4) is 0 Å². The largest absolute Gasteiger partial charge is 0.465 e. The summed E-state index contributed by atoms with van der Waals surface area (Å²) in [5.74, 6) is -0.291. The van der Waals surface area contributed by atoms with Crippen molar-refractivity contribution < 1.29 is 9.53 Å². The predicted octanol–water partition coefficient (Wildman–Crippen LogP) is 1.34. The molecule has 0 saturated heterocycles. The number of hydrogen-bond acceptors (Lipinski definition) is 5. The van der Waals surface area contributed by atoms with E-state index in [9.17, 15) is 4.79 Å². The minimum Gasteiger partial charge on any atom is -0.465 e. The molecule has 0 spiro atoms. The summed E-state index contributed by atoms with van der Waals surface area (Å²) in [6, 6.07) is 0. The van der Waals surface area contributed by atoms with Gasteiger partial charge in [0.1, 0.15) is 4.88 Å². The second-order valence-electron chi connectivity index (χ2n) is 3.57. The Bertz CT molecular complexity index is 347. The number of ether oxygens (including phenoxy) is 1. The van der Waals surface area contributed by atoms with E-state index in [-0.39, 0.29) is 5.97 Å². The van der Waals surface area contributed by atoms with Crippen LogP contribution in [0.1, 0.15) is 20.4 Å². The first-order chi connectivity index (χ1) is 7.04. The van der Waals surface area contributed by atoms with Crippen molar-refractivity contribution in [3.63, 3.8) is 0 Å². The summed E-state index contributed by atoms with van der Waals surface area (Å²) in [5, 5.41) is 0.988. The van der Waals surface area contributed by atoms with Crippen molar-refractivity contribution in [1.82, 2.24) is 9.88 Å². The van der Waals surface area contributed by atoms with Gasteiger partial charge in [-0.25, -0.2) is 9.78 Å². The lowest BCUT2D eigenvalue weighted by molar-refractivity contribution is 0.0605. The van der Waals surface area contributed by atoms with Crippen molar-refractivity contribution in [3.05, 3.63) is 15.6 Å². The van der Waals surface area contributed by atoms with Crippen LogP contribution in [0, 0.1) is 6.92 Å². The third kappa shape index (κ3) is 3.28. The average molecular weight is 228 g/mol. The van der Waals surface area contributed by atoms with Crippen LogP contribution in [-0.2, 0) is 11.2 Å². The van der Waals surface area contributed by atoms with Gasteiger partial charge in [0.25, 0.3) is 0 Å². The standard InChI is InChI=1S/C10H16N2O2S/c1-7-9(10(13)14-4)15-8(11-7)5-6-12(2)3/h5-6H2,1-4H3. The molecule has 1 rings (SSSR count). The van der Waals surface area contributed by atoms with Crippen LogP contribution in [0.4, 0.5) is 0 Å². The summed E-state index contributed by atoms with van der Waals surface area (Å²) >= 11 is 1.42. The number of rotatable bonds is 4. The first-order valence-corrected chi connectivity index (χ1v) is 5.55. The molecular weight excluding hydrogens is 212 g/mol. The van der Waals surface area contributed by atoms with Crippen LogP contribution >= 0.6 is 11.3 Å². The molecule has 5 heteroatoms. The Balaban J connectivity index is 2.72. The second kappa shape index (κ2) is 5.23. The number of nitrogens with zero attached hydrogens (tertiary/aromatic N) is 2. The summed E-state index contributed by atoms with van der Waals surface area (Å²) in [7, 11) is 5.42. The van der Waals surface area contributed by atoms with Gasteiger partial charge in [0.05, 0.1) is 17.8 Å². The molecule has 0 atom stereocenters. The lowest BCUT2D eigenvalue weighted by Crippen LogP contribution is -2.14. The van der Waals surface area contributed by atoms with Gasteiger partial charge in [0, 0.05) is 13.0 Å². The molecule has 0 aromatic carbocycles. The quantitative estimate of drug-likeness (QED) is 0.729. The van der Waals surface area contributed by atoms with Gasteiger partial charge in [-0.15, -0.1) is 11.3 Å². The molecule has 1 aromatic rings. The zero-order valence-corrected chi connectivity index (χ0v) is 10.3. The first-order valence-electron chi connectivity index (χ1n) is 4.74. The Labute approximate surface area is 93.9 Å². The van der Waals surface area contributed by atoms with E-state index in [4.69, 9.17) is 0 Å². The number of hydrogen-bond donors (Lipinski definition) is 0. The smallest absolute Gasteiger partial charge is 0.349 e. The zero-order chi connectivity index (χ0) is 11.4. The highest BCUT2D eigenvalue weighted by Crippen LogP contribution is 2.19. The van der Waals surface area contributed by atoms with Gasteiger partial charge in [-0.05, 0) is 21.0 Å². The van der Waals surface area contributed by atoms with Crippen molar-refractivity contribution in [1.29, 1.82) is 0 Å². The van der Waals surface area contributed by atoms with Crippen LogP contribution in [-0.4, -0.2) is 43.6 Å². The number of aryl methyl sites for hydroxylation is 1. The molecule has 0 N–H and O–H groups in total. The molecule has 84 valence electrons. The molecule has 15 heavy (non-hydrogen) atoms. The highest BCUT2D eigenvalue weighted by molar-refractivity contribution is 7.13. The molecule has 0 aliphatic rings. The summed E-state index contributed by atoms with van der Waals surface area (Å²) in [6.45, 7) is 2.77. The fourth-order valence-corrected chi connectivity index (χ4v) is 2.13. The van der Waals surface area contributed by atoms with Crippen molar-refractivity contribution in [2.75, 3.05) is 27.7 Å². The summed E-state index contributed by atoms with van der Waals surface area (Å²) in [6.07, 6.45) is 0.871. The first kappa shape index (κ1) is 12.1. The van der Waals surface area contributed by atoms with E-state index >= 15 is 0 Å². The van der Waals surface area contributed by atoms with Crippen LogP contribution in [0.15, 0.2) is 0 Å². The van der Waals surface area contributed by atoms with Crippen LogP contribution in [0.5, 0.6) is 0 Å². The molecule has 4 nitrogen and oxygen atoms in total. The number of carbonyl (C=O) groups excluding carboxylic acids is 1. The number of likely N-dealkylation sites (N-methyl/N-ethyl adjacent to an activating group) is 1. The fraction of sp³-hybridized carbons (Fsp3) is 0.600. The number of aromatic nitrogens is 1. The highest BCUT2D eigenvalue weighted by atomic mass is 32.1. The SMILES string of the molecule is COC(=O)c1sc(CCN(C)C)nc1C. The Hall–Kier alpha value is -0.940. The van der Waals surface area contributed by atoms with E-state index in [1.807, 2.05) is 21.0 Å². The van der Waals surface area contributed by atoms with Gasteiger partial charge in [-0.1, -0.05) is 0 Å². The molecule has 0 bridgehead atoms. The van der Waals surface area contributed by atoms with Crippen molar-refractivity contribution >= 4 is 17.3 Å². The minimum atomic E-state index is -0.291. The zero-order valence-electron chi connectivity index (χ0n) is 9.53. The Morgan fingerprint density at radius 1 is 1.53 bits per heavy atom. The third-order valence-electron chi connectivity index (χ3n) is 1.98. The lowest BCUT2D eigenvalue weighted by Gasteiger charge is -2.06. The Kier molecular flexibility index (Phi) is 4.23. The van der Waals surface area contributed by atoms with Gasteiger partial charge in [-0.2, -0.15) is 0 Å². The van der Waals surface area contributed by atoms with E-state index in [0.29, 0.717) is 4.88 Å². The monoisotopic (exact) mass is 228 g/mol. The van der Waals surface area contributed by atoms with E-state index in [0.717, 1.165) is 23.7 Å². The lowest BCUT2D eigenvalue weighted by atomic mass is 10.4. The molecule has 0 aliphatic carbocycles. The predicted molar refractivity (Wildman–Crippen MR) is 60.4 cm³/mol. The minimum absolute atomic E-state index is 0.291. The summed E-state index contributed by atoms with van der Waals surface area (Å²) in [5.41, 5.74) is 0.764. The fourth-order valence-electron chi connectivity index (χ4n) is 1.16. The topological polar surface area (TPSA) is 42.4 Å². The van der Waals surface area contributed by atoms with Gasteiger partial charge < -0.3 is 9.64 Å². The Morgan fingerprint density at radius 2 is 2.20 bits per heavy atom. The highest BCUT2D eigenvalue weighted by Gasteiger charge is 2.15. The van der Waals surface area contributed by atoms with E-state index < -0.39 is 0 Å². The van der Waals surface area contributed by atoms with Crippen molar-refractivity contribution in [2.45, 2.75) is 13.3 Å². The van der Waals surface area contributed by atoms with Crippen molar-refractivity contribution in [2.24, 2.45) is 0 Å². The molecule has 0 unspecified atom stereocenters. The second-order valence-corrected chi connectivity index (χ2v) is 4.65. The summed E-state index contributed by atoms with van der Waals surface area (Å²) in [4.78, 5) is 18.4. The van der Waals surface area contributed by atoms with Gasteiger partial charge in [0.2, 0.25) is 0 Å². The molecule has 1 heterocycles. The summed E-state index contributed by atoms with van der Waals surface area (Å²) < 4.78 is 4.68. The third-order valence-corrected chi connectivity index (χ3v) is 3.18. The van der Waals surface area contributed by atoms with Crippen molar-refractivity contribution in [3.8, 4) is 0 Å². The Morgan fingerprint density at radius 3 is 2.73 bits per heavy atom. The molecule has 0 fully saturated rings. The van der Waals surface area contributed by atoms with Crippen LogP contribution in [0.25, 0.3) is 0 Å². The maximum Gasteiger partial charge on any atom is 0.349 e. The average Bonchev–Trinajstić information content (AvgIpc) is 2.55. The number of methoxy groups -OCH3 is 1. The molecule has 0 amide bonds. The molecule has 0 saturated carbocycles. The number of carbonyl (C=O) groups is 1. The van der Waals surface area contributed by atoms with Gasteiger partial charge in [0.15, 0.2) is 0 Å². The van der Waals surface area contributed by atoms with E-state index in [1.54, 1.807) is 0 Å². The molecule has 1 aromatic heterocycles. The normalized spacial score (nSPS) is 10.7.